The summed E-state index contributed by atoms with van der Waals surface area (Å²) in [6.07, 6.45) is 2.62. The number of nitrogens with one attached hydrogen (secondary N) is 1. The molecule has 0 fully saturated rings. The first-order valence-corrected chi connectivity index (χ1v) is 6.93. The van der Waals surface area contributed by atoms with E-state index in [0.29, 0.717) is 19.7 Å². The van der Waals surface area contributed by atoms with Crippen LogP contribution in [0.25, 0.3) is 0 Å². The van der Waals surface area contributed by atoms with Crippen LogP contribution in [0.5, 0.6) is 5.75 Å². The molecule has 0 aromatic heterocycles. The third-order valence-corrected chi connectivity index (χ3v) is 2.92. The average Bonchev–Trinajstić information content (AvgIpc) is 2.45. The number of para-hydroxylation sites is 1. The van der Waals surface area contributed by atoms with Gasteiger partial charge in [0.25, 0.3) is 0 Å². The lowest BCUT2D eigenvalue weighted by Crippen LogP contribution is -2.35. The van der Waals surface area contributed by atoms with E-state index in [1.807, 2.05) is 30.3 Å². The molecule has 4 nitrogen and oxygen atoms in total. The van der Waals surface area contributed by atoms with Gasteiger partial charge in [0.2, 0.25) is 5.91 Å². The van der Waals surface area contributed by atoms with Crippen molar-refractivity contribution in [3.8, 4) is 5.75 Å². The molecule has 0 saturated heterocycles. The van der Waals surface area contributed by atoms with Crippen LogP contribution in [0, 0.1) is 5.92 Å². The molecule has 19 heavy (non-hydrogen) atoms. The van der Waals surface area contributed by atoms with Crippen molar-refractivity contribution in [1.82, 2.24) is 5.32 Å². The Kier molecular flexibility index (Phi) is 7.66. The monoisotopic (exact) mass is 264 g/mol. The molecule has 1 aromatic carbocycles. The second kappa shape index (κ2) is 9.39. The highest BCUT2D eigenvalue weighted by Gasteiger charge is 2.14. The van der Waals surface area contributed by atoms with Gasteiger partial charge in [-0.15, -0.1) is 0 Å². The maximum atomic E-state index is 11.8. The van der Waals surface area contributed by atoms with Crippen LogP contribution in [0.3, 0.4) is 0 Å². The predicted octanol–water partition coefficient (Wildman–Crippen LogP) is 1.95. The minimum Gasteiger partial charge on any atom is -0.494 e. The molecule has 1 aromatic rings. The molecular formula is C15H24N2O2. The van der Waals surface area contributed by atoms with E-state index in [1.54, 1.807) is 0 Å². The van der Waals surface area contributed by atoms with Crippen LogP contribution in [-0.2, 0) is 4.79 Å². The second-order valence-electron chi connectivity index (χ2n) is 4.53. The molecule has 0 saturated carbocycles. The maximum absolute atomic E-state index is 11.8. The zero-order valence-electron chi connectivity index (χ0n) is 11.6. The minimum atomic E-state index is -0.0555. The Bertz CT molecular complexity index is 354. The molecule has 1 rings (SSSR count). The van der Waals surface area contributed by atoms with Crippen LogP contribution < -0.4 is 15.8 Å². The quantitative estimate of drug-likeness (QED) is 0.670. The van der Waals surface area contributed by atoms with Crippen LogP contribution in [0.2, 0.25) is 0 Å². The van der Waals surface area contributed by atoms with Crippen molar-refractivity contribution in [2.45, 2.75) is 26.2 Å². The molecule has 1 amide bonds. The average molecular weight is 264 g/mol. The number of carbonyl (C=O) groups is 1. The Morgan fingerprint density at radius 3 is 2.74 bits per heavy atom. The Morgan fingerprint density at radius 1 is 1.37 bits per heavy atom. The Morgan fingerprint density at radius 2 is 2.11 bits per heavy atom. The van der Waals surface area contributed by atoms with Gasteiger partial charge in [-0.25, -0.2) is 0 Å². The van der Waals surface area contributed by atoms with E-state index in [4.69, 9.17) is 10.5 Å². The molecule has 4 heteroatoms. The number of nitrogens with two attached hydrogens (primary N) is 1. The minimum absolute atomic E-state index is 0.0555. The van der Waals surface area contributed by atoms with Crippen LogP contribution in [0.4, 0.5) is 0 Å². The molecule has 0 bridgehead atoms. The Labute approximate surface area is 115 Å². The molecule has 3 N–H and O–H groups in total. The molecule has 0 spiro atoms. The summed E-state index contributed by atoms with van der Waals surface area (Å²) in [6, 6.07) is 9.67. The summed E-state index contributed by atoms with van der Waals surface area (Å²) < 4.78 is 5.55. The highest BCUT2D eigenvalue weighted by Crippen LogP contribution is 2.08. The van der Waals surface area contributed by atoms with Crippen molar-refractivity contribution in [2.75, 3.05) is 19.7 Å². The van der Waals surface area contributed by atoms with E-state index in [1.165, 1.54) is 0 Å². The van der Waals surface area contributed by atoms with Crippen LogP contribution in [-0.4, -0.2) is 25.6 Å². The molecule has 1 unspecified atom stereocenters. The Balaban J connectivity index is 2.11. The summed E-state index contributed by atoms with van der Waals surface area (Å²) in [5.74, 6) is 0.865. The second-order valence-corrected chi connectivity index (χ2v) is 4.53. The van der Waals surface area contributed by atoms with Gasteiger partial charge >= 0.3 is 0 Å². The van der Waals surface area contributed by atoms with Gasteiger partial charge in [0.15, 0.2) is 0 Å². The molecule has 106 valence electrons. The van der Waals surface area contributed by atoms with Crippen molar-refractivity contribution in [3.63, 3.8) is 0 Å². The summed E-state index contributed by atoms with van der Waals surface area (Å²) in [6.45, 7) is 3.71. The summed E-state index contributed by atoms with van der Waals surface area (Å²) in [4.78, 5) is 11.8. The summed E-state index contributed by atoms with van der Waals surface area (Å²) in [5.41, 5.74) is 5.58. The largest absolute Gasteiger partial charge is 0.494 e. The molecule has 0 heterocycles. The third kappa shape index (κ3) is 6.25. The van der Waals surface area contributed by atoms with E-state index >= 15 is 0 Å². The van der Waals surface area contributed by atoms with E-state index in [0.717, 1.165) is 25.0 Å². The van der Waals surface area contributed by atoms with Crippen molar-refractivity contribution >= 4 is 5.91 Å². The van der Waals surface area contributed by atoms with Crippen LogP contribution in [0.15, 0.2) is 30.3 Å². The van der Waals surface area contributed by atoms with Gasteiger partial charge < -0.3 is 15.8 Å². The van der Waals surface area contributed by atoms with Crippen molar-refractivity contribution < 1.29 is 9.53 Å². The topological polar surface area (TPSA) is 64.4 Å². The fourth-order valence-electron chi connectivity index (χ4n) is 1.84. The maximum Gasteiger partial charge on any atom is 0.224 e. The van der Waals surface area contributed by atoms with Crippen LogP contribution >= 0.6 is 0 Å². The fourth-order valence-corrected chi connectivity index (χ4v) is 1.84. The first-order valence-electron chi connectivity index (χ1n) is 6.93. The van der Waals surface area contributed by atoms with Gasteiger partial charge in [0.05, 0.1) is 12.5 Å². The van der Waals surface area contributed by atoms with Gasteiger partial charge in [0, 0.05) is 13.1 Å². The highest BCUT2D eigenvalue weighted by molar-refractivity contribution is 5.78. The molecular weight excluding hydrogens is 240 g/mol. The normalized spacial score (nSPS) is 11.9. The van der Waals surface area contributed by atoms with Gasteiger partial charge in [-0.2, -0.15) is 0 Å². The standard InChI is InChI=1S/C15H24N2O2/c1-2-7-13(12-16)15(18)17-10-6-11-19-14-8-4-3-5-9-14/h3-5,8-9,13H,2,6-7,10-12,16H2,1H3,(H,17,18). The summed E-state index contributed by atoms with van der Waals surface area (Å²) in [5, 5.41) is 2.91. The highest BCUT2D eigenvalue weighted by atomic mass is 16.5. The SMILES string of the molecule is CCCC(CN)C(=O)NCCCOc1ccccc1. The van der Waals surface area contributed by atoms with E-state index in [-0.39, 0.29) is 11.8 Å². The number of hydrogen-bond acceptors (Lipinski definition) is 3. The molecule has 0 aliphatic heterocycles. The zero-order valence-corrected chi connectivity index (χ0v) is 11.6. The number of ether oxygens (including phenoxy) is 1. The third-order valence-electron chi connectivity index (χ3n) is 2.92. The zero-order chi connectivity index (χ0) is 13.9. The number of amides is 1. The predicted molar refractivity (Wildman–Crippen MR) is 77.0 cm³/mol. The molecule has 0 aliphatic carbocycles. The summed E-state index contributed by atoms with van der Waals surface area (Å²) in [7, 11) is 0. The number of carbonyl (C=O) groups excluding carboxylic acids is 1. The lowest BCUT2D eigenvalue weighted by Gasteiger charge is -2.13. The molecule has 0 aliphatic rings. The van der Waals surface area contributed by atoms with Gasteiger partial charge in [-0.05, 0) is 25.0 Å². The lowest BCUT2D eigenvalue weighted by molar-refractivity contribution is -0.124. The number of hydrogen-bond donors (Lipinski definition) is 2. The molecule has 1 atom stereocenters. The number of benzene rings is 1. The van der Waals surface area contributed by atoms with Gasteiger partial charge in [-0.1, -0.05) is 31.5 Å². The Hall–Kier alpha value is -1.55. The fraction of sp³-hybridized carbons (Fsp3) is 0.533. The van der Waals surface area contributed by atoms with Gasteiger partial charge in [0.1, 0.15) is 5.75 Å². The van der Waals surface area contributed by atoms with Crippen molar-refractivity contribution in [3.05, 3.63) is 30.3 Å². The molecule has 0 radical (unpaired) electrons. The first-order chi connectivity index (χ1) is 9.27. The smallest absolute Gasteiger partial charge is 0.224 e. The van der Waals surface area contributed by atoms with Crippen LogP contribution in [0.1, 0.15) is 26.2 Å². The van der Waals surface area contributed by atoms with Crippen molar-refractivity contribution in [2.24, 2.45) is 11.7 Å². The van der Waals surface area contributed by atoms with E-state index in [9.17, 15) is 4.79 Å². The number of rotatable bonds is 9. The lowest BCUT2D eigenvalue weighted by atomic mass is 10.0. The van der Waals surface area contributed by atoms with Crippen molar-refractivity contribution in [1.29, 1.82) is 0 Å². The van der Waals surface area contributed by atoms with E-state index < -0.39 is 0 Å². The van der Waals surface area contributed by atoms with E-state index in [2.05, 4.69) is 12.2 Å². The summed E-state index contributed by atoms with van der Waals surface area (Å²) >= 11 is 0. The first kappa shape index (κ1) is 15.5. The van der Waals surface area contributed by atoms with Gasteiger partial charge in [-0.3, -0.25) is 4.79 Å².